The highest BCUT2D eigenvalue weighted by atomic mass is 15.0. The van der Waals surface area contributed by atoms with Crippen molar-refractivity contribution >= 4 is 11.2 Å². The van der Waals surface area contributed by atoms with Gasteiger partial charge in [0.25, 0.3) is 0 Å². The monoisotopic (exact) mass is 267 g/mol. The van der Waals surface area contributed by atoms with Crippen LogP contribution >= 0.6 is 0 Å². The van der Waals surface area contributed by atoms with Gasteiger partial charge >= 0.3 is 0 Å². The normalized spacial score (nSPS) is 38.7. The predicted octanol–water partition coefficient (Wildman–Crippen LogP) is 3.72. The van der Waals surface area contributed by atoms with Crippen molar-refractivity contribution in [3.8, 4) is 0 Å². The lowest BCUT2D eigenvalue weighted by molar-refractivity contribution is -0.0530. The molecule has 104 valence electrons. The van der Waals surface area contributed by atoms with Crippen molar-refractivity contribution in [1.82, 2.24) is 15.0 Å². The van der Waals surface area contributed by atoms with Crippen LogP contribution in [-0.2, 0) is 6.42 Å². The summed E-state index contributed by atoms with van der Waals surface area (Å²) >= 11 is 0. The topological polar surface area (TPSA) is 41.6 Å². The maximum absolute atomic E-state index is 4.72. The minimum absolute atomic E-state index is 0.558. The summed E-state index contributed by atoms with van der Waals surface area (Å²) < 4.78 is 0. The van der Waals surface area contributed by atoms with Gasteiger partial charge in [-0.2, -0.15) is 0 Å². The number of hydrogen-bond acceptors (Lipinski definition) is 2. The zero-order chi connectivity index (χ0) is 13.2. The molecule has 4 aliphatic carbocycles. The zero-order valence-corrected chi connectivity index (χ0v) is 11.8. The molecule has 4 bridgehead atoms. The first-order valence-corrected chi connectivity index (χ1v) is 8.08. The van der Waals surface area contributed by atoms with Crippen LogP contribution in [0.2, 0.25) is 0 Å². The molecule has 4 aliphatic rings. The number of fused-ring (bicyclic) bond motifs is 1. The lowest BCUT2D eigenvalue weighted by atomic mass is 9.49. The van der Waals surface area contributed by atoms with Crippen molar-refractivity contribution < 1.29 is 0 Å². The van der Waals surface area contributed by atoms with Gasteiger partial charge in [0.1, 0.15) is 5.82 Å². The highest BCUT2D eigenvalue weighted by Crippen LogP contribution is 2.60. The number of H-pyrrole nitrogens is 1. The maximum atomic E-state index is 4.72. The molecule has 2 aromatic rings. The Hall–Kier alpha value is -1.38. The van der Waals surface area contributed by atoms with Crippen LogP contribution in [0, 0.1) is 23.2 Å². The fourth-order valence-electron chi connectivity index (χ4n) is 5.84. The third-order valence-corrected chi connectivity index (χ3v) is 6.01. The van der Waals surface area contributed by atoms with Crippen LogP contribution in [0.3, 0.4) is 0 Å². The Morgan fingerprint density at radius 3 is 2.45 bits per heavy atom. The molecule has 20 heavy (non-hydrogen) atoms. The summed E-state index contributed by atoms with van der Waals surface area (Å²) in [6, 6.07) is 4.06. The predicted molar refractivity (Wildman–Crippen MR) is 78.2 cm³/mol. The highest BCUT2D eigenvalue weighted by molar-refractivity contribution is 5.69. The molecule has 1 N–H and O–H groups in total. The molecule has 0 radical (unpaired) electrons. The van der Waals surface area contributed by atoms with E-state index in [2.05, 4.69) is 16.0 Å². The summed E-state index contributed by atoms with van der Waals surface area (Å²) in [7, 11) is 0. The summed E-state index contributed by atoms with van der Waals surface area (Å²) in [5.74, 6) is 4.22. The smallest absolute Gasteiger partial charge is 0.177 e. The van der Waals surface area contributed by atoms with Crippen molar-refractivity contribution in [3.63, 3.8) is 0 Å². The Bertz CT molecular complexity index is 589. The van der Waals surface area contributed by atoms with Crippen LogP contribution in [0.1, 0.15) is 44.3 Å². The molecule has 6 rings (SSSR count). The van der Waals surface area contributed by atoms with E-state index >= 15 is 0 Å². The van der Waals surface area contributed by atoms with Gasteiger partial charge in [0.2, 0.25) is 0 Å². The molecule has 0 aromatic carbocycles. The molecule has 0 atom stereocenters. The van der Waals surface area contributed by atoms with Crippen LogP contribution in [-0.4, -0.2) is 15.0 Å². The average Bonchev–Trinajstić information content (AvgIpc) is 2.77. The molecule has 2 heterocycles. The van der Waals surface area contributed by atoms with Crippen LogP contribution in [0.5, 0.6) is 0 Å². The zero-order valence-electron chi connectivity index (χ0n) is 11.8. The van der Waals surface area contributed by atoms with Gasteiger partial charge in [-0.05, 0) is 73.8 Å². The fourth-order valence-corrected chi connectivity index (χ4v) is 5.84. The van der Waals surface area contributed by atoms with Crippen LogP contribution in [0.25, 0.3) is 11.2 Å². The first-order chi connectivity index (χ1) is 9.78. The van der Waals surface area contributed by atoms with E-state index in [1.807, 2.05) is 12.3 Å². The SMILES string of the molecule is c1cnc2nc(CC34CC5CC(CC(C5)C3)C4)[nH]c2c1. The minimum Gasteiger partial charge on any atom is -0.341 e. The number of aromatic amines is 1. The van der Waals surface area contributed by atoms with E-state index in [9.17, 15) is 0 Å². The van der Waals surface area contributed by atoms with Crippen molar-refractivity contribution in [2.45, 2.75) is 44.9 Å². The quantitative estimate of drug-likeness (QED) is 0.901. The van der Waals surface area contributed by atoms with E-state index in [1.54, 1.807) is 0 Å². The number of nitrogens with zero attached hydrogens (tertiary/aromatic N) is 2. The lowest BCUT2D eigenvalue weighted by Crippen LogP contribution is -2.47. The van der Waals surface area contributed by atoms with E-state index in [0.717, 1.165) is 35.3 Å². The number of hydrogen-bond donors (Lipinski definition) is 1. The van der Waals surface area contributed by atoms with Crippen molar-refractivity contribution in [2.75, 3.05) is 0 Å². The minimum atomic E-state index is 0.558. The summed E-state index contributed by atoms with van der Waals surface area (Å²) in [5, 5.41) is 0. The van der Waals surface area contributed by atoms with Gasteiger partial charge < -0.3 is 4.98 Å². The second-order valence-electron chi connectivity index (χ2n) is 7.65. The molecular weight excluding hydrogens is 246 g/mol. The third-order valence-electron chi connectivity index (χ3n) is 6.01. The van der Waals surface area contributed by atoms with Crippen molar-refractivity contribution in [2.24, 2.45) is 23.2 Å². The average molecular weight is 267 g/mol. The van der Waals surface area contributed by atoms with E-state index in [0.29, 0.717) is 5.41 Å². The van der Waals surface area contributed by atoms with E-state index in [-0.39, 0.29) is 0 Å². The van der Waals surface area contributed by atoms with Crippen molar-refractivity contribution in [3.05, 3.63) is 24.2 Å². The van der Waals surface area contributed by atoms with E-state index in [1.165, 1.54) is 44.3 Å². The van der Waals surface area contributed by atoms with Gasteiger partial charge in [0, 0.05) is 12.6 Å². The molecule has 0 saturated heterocycles. The number of rotatable bonds is 2. The van der Waals surface area contributed by atoms with Crippen LogP contribution in [0.4, 0.5) is 0 Å². The first kappa shape index (κ1) is 11.3. The lowest BCUT2D eigenvalue weighted by Gasteiger charge is -2.56. The Morgan fingerprint density at radius 2 is 1.80 bits per heavy atom. The molecule has 0 spiro atoms. The molecule has 4 fully saturated rings. The molecule has 0 amide bonds. The Labute approximate surface area is 119 Å². The molecule has 2 aromatic heterocycles. The largest absolute Gasteiger partial charge is 0.341 e. The van der Waals surface area contributed by atoms with Gasteiger partial charge in [-0.25, -0.2) is 9.97 Å². The summed E-state index contributed by atoms with van der Waals surface area (Å²) in [4.78, 5) is 12.6. The van der Waals surface area contributed by atoms with Crippen LogP contribution in [0.15, 0.2) is 18.3 Å². The summed E-state index contributed by atoms with van der Waals surface area (Å²) in [6.07, 6.45) is 11.9. The standard InChI is InChI=1S/C17H21N3/c1-2-14-16(18-3-1)20-15(19-14)10-17-7-11-4-12(8-17)6-13(5-11)9-17/h1-3,11-13H,4-10H2,(H,18,19,20). The van der Waals surface area contributed by atoms with E-state index < -0.39 is 0 Å². The summed E-state index contributed by atoms with van der Waals surface area (Å²) in [6.45, 7) is 0. The Kier molecular flexibility index (Phi) is 2.17. The fraction of sp³-hybridized carbons (Fsp3) is 0.647. The second-order valence-corrected chi connectivity index (χ2v) is 7.65. The molecule has 3 heteroatoms. The molecule has 4 saturated carbocycles. The third kappa shape index (κ3) is 1.65. The van der Waals surface area contributed by atoms with Gasteiger partial charge in [-0.15, -0.1) is 0 Å². The van der Waals surface area contributed by atoms with Gasteiger partial charge in [0.15, 0.2) is 5.65 Å². The number of pyridine rings is 1. The van der Waals surface area contributed by atoms with Crippen LogP contribution < -0.4 is 0 Å². The number of aromatic nitrogens is 3. The van der Waals surface area contributed by atoms with Crippen molar-refractivity contribution in [1.29, 1.82) is 0 Å². The second kappa shape index (κ2) is 3.84. The highest BCUT2D eigenvalue weighted by Gasteiger charge is 2.50. The molecule has 3 nitrogen and oxygen atoms in total. The molecular formula is C17H21N3. The van der Waals surface area contributed by atoms with Gasteiger partial charge in [-0.3, -0.25) is 0 Å². The number of nitrogens with one attached hydrogen (secondary N) is 1. The van der Waals surface area contributed by atoms with Gasteiger partial charge in [0.05, 0.1) is 5.52 Å². The Morgan fingerprint density at radius 1 is 1.10 bits per heavy atom. The molecule has 0 aliphatic heterocycles. The summed E-state index contributed by atoms with van der Waals surface area (Å²) in [5.41, 5.74) is 2.53. The number of imidazole rings is 1. The Balaban J connectivity index is 1.48. The van der Waals surface area contributed by atoms with E-state index in [4.69, 9.17) is 4.98 Å². The maximum Gasteiger partial charge on any atom is 0.177 e. The van der Waals surface area contributed by atoms with Gasteiger partial charge in [-0.1, -0.05) is 0 Å². The molecule has 0 unspecified atom stereocenters. The first-order valence-electron chi connectivity index (χ1n) is 8.08.